The van der Waals surface area contributed by atoms with Crippen LogP contribution in [0.25, 0.3) is 0 Å². The smallest absolute Gasteiger partial charge is 0.326 e. The number of ketones is 1. The zero-order valence-electron chi connectivity index (χ0n) is 19.8. The van der Waals surface area contributed by atoms with Crippen LogP contribution in [-0.4, -0.2) is 11.7 Å². The molecular formula is C28H32F3NO2. The summed E-state index contributed by atoms with van der Waals surface area (Å²) in [5, 5.41) is 2.89. The van der Waals surface area contributed by atoms with E-state index in [-0.39, 0.29) is 28.4 Å². The molecule has 182 valence electrons. The zero-order chi connectivity index (χ0) is 24.5. The number of halogens is 3. The largest absolute Gasteiger partial charge is 0.416 e. The molecule has 1 aromatic carbocycles. The molecule has 4 aliphatic rings. The molecule has 0 spiro atoms. The molecule has 1 aromatic rings. The number of rotatable bonds is 2. The Hall–Kier alpha value is -2.37. The van der Waals surface area contributed by atoms with E-state index in [0.717, 1.165) is 61.8 Å². The van der Waals surface area contributed by atoms with E-state index >= 15 is 0 Å². The molecule has 1 amide bonds. The summed E-state index contributed by atoms with van der Waals surface area (Å²) in [5.41, 5.74) is 1.76. The molecule has 3 fully saturated rings. The summed E-state index contributed by atoms with van der Waals surface area (Å²) in [6.07, 6.45) is 3.54. The van der Waals surface area contributed by atoms with Crippen LogP contribution in [0.1, 0.15) is 64.4 Å². The maximum Gasteiger partial charge on any atom is 0.416 e. The van der Waals surface area contributed by atoms with Crippen LogP contribution in [0.15, 0.2) is 48.1 Å². The van der Waals surface area contributed by atoms with Crippen LogP contribution < -0.4 is 5.32 Å². The summed E-state index contributed by atoms with van der Waals surface area (Å²) < 4.78 is 38.6. The molecule has 0 heterocycles. The predicted octanol–water partition coefficient (Wildman–Crippen LogP) is 6.96. The van der Waals surface area contributed by atoms with Crippen molar-refractivity contribution in [2.24, 2.45) is 34.5 Å². The Bertz CT molecular complexity index is 1070. The summed E-state index contributed by atoms with van der Waals surface area (Å²) in [4.78, 5) is 25.4. The molecule has 0 saturated heterocycles. The molecule has 3 nitrogen and oxygen atoms in total. The first kappa shape index (κ1) is 23.4. The third-order valence-electron chi connectivity index (χ3n) is 9.73. The number of amides is 1. The van der Waals surface area contributed by atoms with Crippen molar-refractivity contribution in [3.05, 3.63) is 53.6 Å². The molecule has 3 saturated carbocycles. The summed E-state index contributed by atoms with van der Waals surface area (Å²) in [5.74, 6) is 1.30. The Morgan fingerprint density at radius 2 is 1.76 bits per heavy atom. The minimum Gasteiger partial charge on any atom is -0.326 e. The van der Waals surface area contributed by atoms with Gasteiger partial charge in [0.25, 0.3) is 0 Å². The summed E-state index contributed by atoms with van der Waals surface area (Å²) in [7, 11) is 0. The van der Waals surface area contributed by atoms with Crippen molar-refractivity contribution in [2.75, 3.05) is 5.32 Å². The van der Waals surface area contributed by atoms with E-state index in [0.29, 0.717) is 29.9 Å². The molecule has 6 atom stereocenters. The highest BCUT2D eigenvalue weighted by atomic mass is 19.4. The molecule has 0 aliphatic heterocycles. The van der Waals surface area contributed by atoms with Crippen molar-refractivity contribution in [2.45, 2.75) is 65.0 Å². The third-order valence-corrected chi connectivity index (χ3v) is 9.73. The first-order valence-corrected chi connectivity index (χ1v) is 12.3. The fourth-order valence-electron chi connectivity index (χ4n) is 7.97. The van der Waals surface area contributed by atoms with E-state index in [1.807, 2.05) is 6.08 Å². The van der Waals surface area contributed by atoms with Crippen LogP contribution in [0, 0.1) is 34.5 Å². The van der Waals surface area contributed by atoms with Gasteiger partial charge in [0.05, 0.1) is 5.56 Å². The molecule has 0 unspecified atom stereocenters. The third kappa shape index (κ3) is 3.56. The molecule has 1 N–H and O–H groups in total. The van der Waals surface area contributed by atoms with Gasteiger partial charge in [0.1, 0.15) is 0 Å². The van der Waals surface area contributed by atoms with E-state index in [2.05, 4.69) is 25.7 Å². The van der Waals surface area contributed by atoms with Gasteiger partial charge in [0, 0.05) is 18.0 Å². The number of benzene rings is 1. The first-order chi connectivity index (χ1) is 15.9. The predicted molar refractivity (Wildman–Crippen MR) is 125 cm³/mol. The van der Waals surface area contributed by atoms with Crippen molar-refractivity contribution in [3.8, 4) is 0 Å². The number of fused-ring (bicyclic) bond motifs is 5. The Kier molecular flexibility index (Phi) is 5.38. The van der Waals surface area contributed by atoms with Crippen LogP contribution in [0.4, 0.5) is 18.9 Å². The summed E-state index contributed by atoms with van der Waals surface area (Å²) in [6.45, 7) is 8.90. The summed E-state index contributed by atoms with van der Waals surface area (Å²) in [6, 6.07) is 4.68. The van der Waals surface area contributed by atoms with Crippen molar-refractivity contribution in [3.63, 3.8) is 0 Å². The van der Waals surface area contributed by atoms with Crippen molar-refractivity contribution in [1.29, 1.82) is 0 Å². The fraction of sp³-hybridized carbons (Fsp3) is 0.571. The molecule has 5 rings (SSSR count). The number of hydrogen-bond donors (Lipinski definition) is 1. The Labute approximate surface area is 198 Å². The molecule has 6 heteroatoms. The number of anilines is 1. The number of carbonyl (C=O) groups excluding carboxylic acids is 2. The van der Waals surface area contributed by atoms with E-state index in [1.165, 1.54) is 12.1 Å². The molecule has 0 aromatic heterocycles. The Balaban J connectivity index is 1.35. The van der Waals surface area contributed by atoms with Gasteiger partial charge >= 0.3 is 6.18 Å². The average Bonchev–Trinajstić information content (AvgIpc) is 3.12. The molecule has 34 heavy (non-hydrogen) atoms. The molecule has 0 bridgehead atoms. The number of alkyl halides is 3. The fourth-order valence-corrected chi connectivity index (χ4v) is 7.97. The zero-order valence-corrected chi connectivity index (χ0v) is 19.8. The Morgan fingerprint density at radius 3 is 2.44 bits per heavy atom. The Morgan fingerprint density at radius 1 is 1.06 bits per heavy atom. The van der Waals surface area contributed by atoms with Gasteiger partial charge in [-0.2, -0.15) is 13.2 Å². The second kappa shape index (κ2) is 7.82. The lowest BCUT2D eigenvalue weighted by Gasteiger charge is -2.58. The highest BCUT2D eigenvalue weighted by molar-refractivity contribution is 5.93. The van der Waals surface area contributed by atoms with Gasteiger partial charge < -0.3 is 5.32 Å². The van der Waals surface area contributed by atoms with Gasteiger partial charge in [-0.1, -0.05) is 26.0 Å². The van der Waals surface area contributed by atoms with Gasteiger partial charge in [-0.15, -0.1) is 0 Å². The first-order valence-electron chi connectivity index (χ1n) is 12.3. The lowest BCUT2D eigenvalue weighted by atomic mass is 9.46. The highest BCUT2D eigenvalue weighted by Gasteiger charge is 2.60. The lowest BCUT2D eigenvalue weighted by Crippen LogP contribution is -2.51. The van der Waals surface area contributed by atoms with Crippen LogP contribution in [-0.2, 0) is 15.8 Å². The average molecular weight is 472 g/mol. The van der Waals surface area contributed by atoms with Gasteiger partial charge in [-0.25, -0.2) is 0 Å². The minimum absolute atomic E-state index is 0.0180. The van der Waals surface area contributed by atoms with E-state index in [4.69, 9.17) is 0 Å². The lowest BCUT2D eigenvalue weighted by molar-refractivity contribution is -0.137. The van der Waals surface area contributed by atoms with Crippen LogP contribution in [0.3, 0.4) is 0 Å². The van der Waals surface area contributed by atoms with Crippen LogP contribution in [0.5, 0.6) is 0 Å². The number of allylic oxidation sites excluding steroid dienone is 2. The minimum atomic E-state index is -4.39. The summed E-state index contributed by atoms with van der Waals surface area (Å²) >= 11 is 0. The highest BCUT2D eigenvalue weighted by Crippen LogP contribution is 2.67. The van der Waals surface area contributed by atoms with Gasteiger partial charge in [0.2, 0.25) is 5.91 Å². The quantitative estimate of drug-likeness (QED) is 0.507. The van der Waals surface area contributed by atoms with Crippen molar-refractivity contribution in [1.82, 2.24) is 0 Å². The van der Waals surface area contributed by atoms with E-state index in [1.54, 1.807) is 0 Å². The number of nitrogens with one attached hydrogen (secondary N) is 1. The molecule has 4 aliphatic carbocycles. The second-order valence-corrected chi connectivity index (χ2v) is 11.4. The maximum absolute atomic E-state index is 13.3. The monoisotopic (exact) mass is 471 g/mol. The van der Waals surface area contributed by atoms with Crippen molar-refractivity contribution >= 4 is 17.4 Å². The SMILES string of the molecule is C=C1C[C@H]2[C@@H]3CC[C@H](C(=O)Nc4ccc(C(F)(F)F)cc4)[C@@]3(C)CC[C@@H]2[C@@]2(C)CCC(=O)C=C12. The van der Waals surface area contributed by atoms with Gasteiger partial charge in [0.15, 0.2) is 5.78 Å². The standard InChI is InChI=1S/C28H32F3NO2/c1-16-14-20-21-8-9-23(25(34)32-18-6-4-17(5-7-18)28(29,30)31)26(21,2)13-11-22(20)27(3)12-10-19(33)15-24(16)27/h4-7,15,20-23H,1,8-14H2,2-3H3,(H,32,34)/t20-,21-,22-,23+,26-,27+/m0/s1. The van der Waals surface area contributed by atoms with Gasteiger partial charge in [-0.3, -0.25) is 9.59 Å². The van der Waals surface area contributed by atoms with Gasteiger partial charge in [-0.05, 0) is 103 Å². The normalized spacial score (nSPS) is 37.4. The van der Waals surface area contributed by atoms with Crippen LogP contribution in [0.2, 0.25) is 0 Å². The number of hydrogen-bond acceptors (Lipinski definition) is 2. The molecule has 0 radical (unpaired) electrons. The van der Waals surface area contributed by atoms with E-state index < -0.39 is 11.7 Å². The van der Waals surface area contributed by atoms with Crippen LogP contribution >= 0.6 is 0 Å². The second-order valence-electron chi connectivity index (χ2n) is 11.4. The topological polar surface area (TPSA) is 46.2 Å². The molecular weight excluding hydrogens is 439 g/mol. The van der Waals surface area contributed by atoms with E-state index in [9.17, 15) is 22.8 Å². The maximum atomic E-state index is 13.3. The number of carbonyl (C=O) groups is 2. The van der Waals surface area contributed by atoms with Crippen molar-refractivity contribution < 1.29 is 22.8 Å².